The smallest absolute Gasteiger partial charge is 0.312 e. The minimum Gasteiger partial charge on any atom is -0.451 e. The van der Waals surface area contributed by atoms with Crippen LogP contribution in [0.15, 0.2) is 6.20 Å². The van der Waals surface area contributed by atoms with E-state index in [2.05, 4.69) is 14.8 Å². The van der Waals surface area contributed by atoms with Crippen LogP contribution in [0.5, 0.6) is 0 Å². The number of nitrogens with two attached hydrogens (primary N) is 1. The van der Waals surface area contributed by atoms with Crippen LogP contribution in [0.1, 0.15) is 25.6 Å². The number of carbonyl (C=O) groups is 1. The van der Waals surface area contributed by atoms with Gasteiger partial charge in [0, 0.05) is 6.92 Å². The molecule has 0 fully saturated rings. The van der Waals surface area contributed by atoms with Crippen molar-refractivity contribution in [2.24, 2.45) is 0 Å². The van der Waals surface area contributed by atoms with E-state index < -0.39 is 18.2 Å². The second-order valence-corrected chi connectivity index (χ2v) is 3.39. The molecule has 0 aliphatic carbocycles. The number of anilines is 1. The van der Waals surface area contributed by atoms with Gasteiger partial charge in [-0.15, -0.1) is 4.98 Å². The number of esters is 1. The van der Waals surface area contributed by atoms with E-state index in [1.165, 1.54) is 20.0 Å². The number of aliphatic hydroxyl groups is 1. The van der Waals surface area contributed by atoms with E-state index in [1.807, 2.05) is 0 Å². The summed E-state index contributed by atoms with van der Waals surface area (Å²) in [5.41, 5.74) is 5.61. The zero-order valence-electron chi connectivity index (χ0n) is 9.41. The lowest BCUT2D eigenvalue weighted by atomic mass is 10.1. The maximum Gasteiger partial charge on any atom is 0.312 e. The second-order valence-electron chi connectivity index (χ2n) is 3.39. The summed E-state index contributed by atoms with van der Waals surface area (Å²) >= 11 is 0. The normalized spacial score (nSPS) is 13.5. The van der Waals surface area contributed by atoms with Crippen LogP contribution in [-0.2, 0) is 9.53 Å². The lowest BCUT2D eigenvalue weighted by Crippen LogP contribution is -2.21. The molecule has 0 spiro atoms. The number of rotatable bonds is 3. The maximum atomic E-state index is 10.9. The Morgan fingerprint density at radius 1 is 1.71 bits per heavy atom. The van der Waals surface area contributed by atoms with Crippen molar-refractivity contribution in [1.29, 1.82) is 0 Å². The predicted octanol–water partition coefficient (Wildman–Crippen LogP) is 0.595. The summed E-state index contributed by atoms with van der Waals surface area (Å²) in [6, 6.07) is 0. The van der Waals surface area contributed by atoms with Gasteiger partial charge in [-0.1, -0.05) is 6.57 Å². The third-order valence-corrected chi connectivity index (χ3v) is 1.93. The first-order chi connectivity index (χ1) is 7.95. The summed E-state index contributed by atoms with van der Waals surface area (Å²) in [6.45, 7) is 9.51. The molecule has 0 bridgehead atoms. The second kappa shape index (κ2) is 5.23. The van der Waals surface area contributed by atoms with Gasteiger partial charge < -0.3 is 20.4 Å². The standard InChI is InChI=1S/C10H12N4O3/c1-5(15)8(17-6(2)16)7-4-13-9(11)10(12-3)14-7/h4-5,8,15H,1-2H3,(H2,11,13)/t5-,8+/m0/s1. The minimum absolute atomic E-state index is 0.00378. The van der Waals surface area contributed by atoms with Crippen molar-refractivity contribution >= 4 is 17.6 Å². The topological polar surface area (TPSA) is 103 Å². The Labute approximate surface area is 98.1 Å². The van der Waals surface area contributed by atoms with Crippen molar-refractivity contribution in [2.75, 3.05) is 5.73 Å². The Morgan fingerprint density at radius 2 is 2.35 bits per heavy atom. The Bertz CT molecular complexity index is 467. The first-order valence-corrected chi connectivity index (χ1v) is 4.81. The van der Waals surface area contributed by atoms with Crippen molar-refractivity contribution in [3.05, 3.63) is 23.3 Å². The van der Waals surface area contributed by atoms with Crippen molar-refractivity contribution < 1.29 is 14.6 Å². The largest absolute Gasteiger partial charge is 0.451 e. The highest BCUT2D eigenvalue weighted by Crippen LogP contribution is 2.24. The molecule has 0 unspecified atom stereocenters. The van der Waals surface area contributed by atoms with Gasteiger partial charge in [-0.2, -0.15) is 0 Å². The van der Waals surface area contributed by atoms with Crippen LogP contribution in [-0.4, -0.2) is 27.1 Å². The van der Waals surface area contributed by atoms with Gasteiger partial charge in [0.2, 0.25) is 0 Å². The first-order valence-electron chi connectivity index (χ1n) is 4.81. The van der Waals surface area contributed by atoms with Crippen LogP contribution in [0.4, 0.5) is 11.6 Å². The van der Waals surface area contributed by atoms with Crippen LogP contribution >= 0.6 is 0 Å². The Hall–Kier alpha value is -2.20. The molecule has 0 aliphatic heterocycles. The average Bonchev–Trinajstić information content (AvgIpc) is 2.26. The minimum atomic E-state index is -0.963. The van der Waals surface area contributed by atoms with Crippen molar-refractivity contribution in [1.82, 2.24) is 9.97 Å². The molecule has 7 nitrogen and oxygen atoms in total. The SMILES string of the molecule is [C-]#[N+]c1nc([C@H](OC(C)=O)[C@H](C)O)cnc1N. The molecule has 0 aliphatic rings. The number of aliphatic hydroxyl groups excluding tert-OH is 1. The number of nitrogens with zero attached hydrogens (tertiary/aromatic N) is 3. The monoisotopic (exact) mass is 236 g/mol. The quantitative estimate of drug-likeness (QED) is 0.588. The third-order valence-electron chi connectivity index (χ3n) is 1.93. The van der Waals surface area contributed by atoms with E-state index in [4.69, 9.17) is 17.0 Å². The van der Waals surface area contributed by atoms with Crippen molar-refractivity contribution in [2.45, 2.75) is 26.1 Å². The zero-order valence-corrected chi connectivity index (χ0v) is 9.41. The lowest BCUT2D eigenvalue weighted by Gasteiger charge is -2.16. The summed E-state index contributed by atoms with van der Waals surface area (Å²) in [7, 11) is 0. The number of hydrogen-bond acceptors (Lipinski definition) is 6. The van der Waals surface area contributed by atoms with E-state index in [0.29, 0.717) is 0 Å². The number of ether oxygens (including phenoxy) is 1. The molecule has 1 heterocycles. The van der Waals surface area contributed by atoms with Gasteiger partial charge in [0.15, 0.2) is 11.8 Å². The Morgan fingerprint density at radius 3 is 2.82 bits per heavy atom. The molecule has 90 valence electrons. The molecule has 0 radical (unpaired) electrons. The van der Waals surface area contributed by atoms with E-state index in [-0.39, 0.29) is 17.3 Å². The number of aromatic nitrogens is 2. The molecule has 17 heavy (non-hydrogen) atoms. The predicted molar refractivity (Wildman–Crippen MR) is 58.9 cm³/mol. The molecular formula is C10H12N4O3. The molecule has 3 N–H and O–H groups in total. The molecule has 0 amide bonds. The summed E-state index contributed by atoms with van der Waals surface area (Å²) in [6.07, 6.45) is -0.652. The highest BCUT2D eigenvalue weighted by molar-refractivity contribution is 5.66. The van der Waals surface area contributed by atoms with Crippen LogP contribution in [0, 0.1) is 6.57 Å². The van der Waals surface area contributed by atoms with Crippen LogP contribution in [0.3, 0.4) is 0 Å². The van der Waals surface area contributed by atoms with Crippen LogP contribution in [0.2, 0.25) is 0 Å². The highest BCUT2D eigenvalue weighted by atomic mass is 16.6. The van der Waals surface area contributed by atoms with Gasteiger partial charge in [-0.3, -0.25) is 4.79 Å². The van der Waals surface area contributed by atoms with Gasteiger partial charge in [-0.05, 0) is 6.92 Å². The summed E-state index contributed by atoms with van der Waals surface area (Å²) < 4.78 is 4.90. The fourth-order valence-corrected chi connectivity index (χ4v) is 1.21. The molecule has 0 saturated heterocycles. The molecule has 7 heteroatoms. The molecule has 0 saturated carbocycles. The van der Waals surface area contributed by atoms with Gasteiger partial charge in [0.1, 0.15) is 5.82 Å². The van der Waals surface area contributed by atoms with E-state index >= 15 is 0 Å². The number of carbonyl (C=O) groups excluding carboxylic acids is 1. The zero-order chi connectivity index (χ0) is 13.0. The van der Waals surface area contributed by atoms with E-state index in [9.17, 15) is 9.90 Å². The van der Waals surface area contributed by atoms with Crippen molar-refractivity contribution in [3.8, 4) is 0 Å². The molecule has 1 aromatic rings. The van der Waals surface area contributed by atoms with Gasteiger partial charge >= 0.3 is 11.8 Å². The molecule has 1 rings (SSSR count). The van der Waals surface area contributed by atoms with Crippen LogP contribution < -0.4 is 5.73 Å². The Kier molecular flexibility index (Phi) is 3.96. The van der Waals surface area contributed by atoms with Gasteiger partial charge in [0.05, 0.1) is 12.3 Å². The fourth-order valence-electron chi connectivity index (χ4n) is 1.21. The van der Waals surface area contributed by atoms with E-state index in [0.717, 1.165) is 0 Å². The lowest BCUT2D eigenvalue weighted by molar-refractivity contribution is -0.152. The number of nitrogen functional groups attached to an aromatic ring is 1. The first kappa shape index (κ1) is 12.9. The summed E-state index contributed by atoms with van der Waals surface area (Å²) in [5.74, 6) is -0.643. The maximum absolute atomic E-state index is 10.9. The summed E-state index contributed by atoms with van der Waals surface area (Å²) in [4.78, 5) is 21.6. The third kappa shape index (κ3) is 3.12. The van der Waals surface area contributed by atoms with E-state index in [1.54, 1.807) is 0 Å². The molecule has 0 aromatic carbocycles. The highest BCUT2D eigenvalue weighted by Gasteiger charge is 2.26. The van der Waals surface area contributed by atoms with Gasteiger partial charge in [0.25, 0.3) is 0 Å². The Balaban J connectivity index is 3.11. The van der Waals surface area contributed by atoms with Gasteiger partial charge in [-0.25, -0.2) is 4.98 Å². The average molecular weight is 236 g/mol. The molecular weight excluding hydrogens is 224 g/mol. The van der Waals surface area contributed by atoms with Crippen molar-refractivity contribution in [3.63, 3.8) is 0 Å². The molecule has 2 atom stereocenters. The molecule has 1 aromatic heterocycles. The van der Waals surface area contributed by atoms with Crippen LogP contribution in [0.25, 0.3) is 4.85 Å². The number of hydrogen-bond donors (Lipinski definition) is 2. The summed E-state index contributed by atoms with van der Waals surface area (Å²) in [5, 5.41) is 9.49. The fraction of sp³-hybridized carbons (Fsp3) is 0.400.